The highest BCUT2D eigenvalue weighted by atomic mass is 32.1. The fraction of sp³-hybridized carbons (Fsp3) is 0.320. The molecule has 0 bridgehead atoms. The van der Waals surface area contributed by atoms with Crippen molar-refractivity contribution in [1.29, 1.82) is 0 Å². The summed E-state index contributed by atoms with van der Waals surface area (Å²) in [5.41, 5.74) is 3.41. The smallest absolute Gasteiger partial charge is 0.270 e. The maximum atomic E-state index is 12.9. The van der Waals surface area contributed by atoms with Crippen molar-refractivity contribution in [3.8, 4) is 11.4 Å². The molecule has 0 fully saturated rings. The number of imidazole rings is 1. The molecule has 0 spiro atoms. The minimum absolute atomic E-state index is 0.148. The highest BCUT2D eigenvalue weighted by Gasteiger charge is 2.20. The van der Waals surface area contributed by atoms with Gasteiger partial charge >= 0.3 is 0 Å². The number of fused-ring (bicyclic) bond motifs is 1. The molecule has 4 aromatic heterocycles. The summed E-state index contributed by atoms with van der Waals surface area (Å²) in [5.74, 6) is -0.342. The van der Waals surface area contributed by atoms with Gasteiger partial charge in [-0.15, -0.1) is 11.3 Å². The Morgan fingerprint density at radius 3 is 2.61 bits per heavy atom. The molecule has 0 aliphatic carbocycles. The molecular weight excluding hydrogens is 478 g/mol. The van der Waals surface area contributed by atoms with E-state index in [9.17, 15) is 14.7 Å². The third-order valence-electron chi connectivity index (χ3n) is 5.58. The van der Waals surface area contributed by atoms with Crippen LogP contribution in [0.2, 0.25) is 0 Å². The quantitative estimate of drug-likeness (QED) is 0.259. The first-order chi connectivity index (χ1) is 17.4. The lowest BCUT2D eigenvalue weighted by Gasteiger charge is -2.18. The van der Waals surface area contributed by atoms with Gasteiger partial charge in [-0.05, 0) is 36.1 Å². The maximum absolute atomic E-state index is 12.9. The Balaban J connectivity index is 1.44. The number of nitrogens with one attached hydrogen (secondary N) is 3. The van der Waals surface area contributed by atoms with Crippen LogP contribution in [-0.2, 0) is 6.54 Å². The van der Waals surface area contributed by atoms with Crippen molar-refractivity contribution in [2.45, 2.75) is 32.9 Å². The first-order valence-corrected chi connectivity index (χ1v) is 12.5. The normalized spacial score (nSPS) is 12.0. The van der Waals surface area contributed by atoms with Crippen LogP contribution in [0.4, 0.5) is 5.13 Å². The van der Waals surface area contributed by atoms with E-state index in [1.54, 1.807) is 28.9 Å². The standard InChI is InChI=1S/C25H29N7O3S/c1-15(2)9-17(13-33)30-24(35)21-12-28-22-18(5-4-8-32(21)22)23(34)29-11-16-6-7-19(27-10-16)20-14-36-25(26-3)31-20/h4-8,10,12,14-15,17,33H,9,11,13H2,1-3H3,(H,26,31)(H,29,34)(H,30,35)/t17-/m0/s1. The third-order valence-corrected chi connectivity index (χ3v) is 6.44. The molecule has 0 saturated carbocycles. The lowest BCUT2D eigenvalue weighted by Crippen LogP contribution is -2.38. The molecule has 4 N–H and O–H groups in total. The number of rotatable bonds is 10. The van der Waals surface area contributed by atoms with Crippen molar-refractivity contribution in [3.63, 3.8) is 0 Å². The Morgan fingerprint density at radius 1 is 1.11 bits per heavy atom. The summed E-state index contributed by atoms with van der Waals surface area (Å²) in [6.07, 6.45) is 5.49. The molecule has 188 valence electrons. The van der Waals surface area contributed by atoms with Gasteiger partial charge in [-0.1, -0.05) is 19.9 Å². The summed E-state index contributed by atoms with van der Waals surface area (Å²) in [4.78, 5) is 39.0. The lowest BCUT2D eigenvalue weighted by molar-refractivity contribution is 0.0900. The van der Waals surface area contributed by atoms with Gasteiger partial charge in [0.1, 0.15) is 17.0 Å². The topological polar surface area (TPSA) is 134 Å². The van der Waals surface area contributed by atoms with Gasteiger partial charge in [0, 0.05) is 31.4 Å². The largest absolute Gasteiger partial charge is 0.394 e. The van der Waals surface area contributed by atoms with E-state index in [0.717, 1.165) is 22.1 Å². The summed E-state index contributed by atoms with van der Waals surface area (Å²) in [7, 11) is 1.82. The minimum atomic E-state index is -0.354. The molecule has 0 aliphatic rings. The molecule has 4 aromatic rings. The zero-order valence-electron chi connectivity index (χ0n) is 20.4. The second-order valence-corrected chi connectivity index (χ2v) is 9.62. The van der Waals surface area contributed by atoms with Crippen LogP contribution >= 0.6 is 11.3 Å². The van der Waals surface area contributed by atoms with E-state index >= 15 is 0 Å². The number of carbonyl (C=O) groups excluding carboxylic acids is 2. The molecule has 4 heterocycles. The van der Waals surface area contributed by atoms with Crippen molar-refractivity contribution < 1.29 is 14.7 Å². The number of pyridine rings is 2. The molecule has 0 radical (unpaired) electrons. The van der Waals surface area contributed by atoms with Crippen LogP contribution < -0.4 is 16.0 Å². The van der Waals surface area contributed by atoms with E-state index in [1.807, 2.05) is 38.4 Å². The number of aliphatic hydroxyl groups is 1. The molecule has 10 nitrogen and oxygen atoms in total. The summed E-state index contributed by atoms with van der Waals surface area (Å²) in [6.45, 7) is 4.19. The number of thiazole rings is 1. The molecule has 0 aliphatic heterocycles. The van der Waals surface area contributed by atoms with Crippen LogP contribution in [-0.4, -0.2) is 56.0 Å². The number of hydrogen-bond acceptors (Lipinski definition) is 8. The van der Waals surface area contributed by atoms with Gasteiger partial charge in [-0.2, -0.15) is 0 Å². The molecular formula is C25H29N7O3S. The van der Waals surface area contributed by atoms with Gasteiger partial charge in [-0.3, -0.25) is 19.0 Å². The summed E-state index contributed by atoms with van der Waals surface area (Å²) >= 11 is 1.51. The van der Waals surface area contributed by atoms with E-state index in [2.05, 4.69) is 30.9 Å². The third kappa shape index (κ3) is 5.69. The van der Waals surface area contributed by atoms with Crippen LogP contribution in [0.25, 0.3) is 17.0 Å². The molecule has 1 atom stereocenters. The first-order valence-electron chi connectivity index (χ1n) is 11.6. The fourth-order valence-corrected chi connectivity index (χ4v) is 4.49. The van der Waals surface area contributed by atoms with E-state index in [-0.39, 0.29) is 31.0 Å². The Morgan fingerprint density at radius 2 is 1.94 bits per heavy atom. The zero-order valence-corrected chi connectivity index (χ0v) is 21.2. The molecule has 0 aromatic carbocycles. The van der Waals surface area contributed by atoms with Crippen molar-refractivity contribution in [3.05, 3.63) is 65.1 Å². The van der Waals surface area contributed by atoms with Gasteiger partial charge in [0.25, 0.3) is 11.8 Å². The Kier molecular flexibility index (Phi) is 7.91. The second-order valence-electron chi connectivity index (χ2n) is 8.76. The van der Waals surface area contributed by atoms with Gasteiger partial charge in [0.2, 0.25) is 0 Å². The Bertz CT molecular complexity index is 1350. The number of hydrogen-bond donors (Lipinski definition) is 4. The molecule has 4 rings (SSSR count). The highest BCUT2D eigenvalue weighted by Crippen LogP contribution is 2.23. The molecule has 0 saturated heterocycles. The molecule has 0 unspecified atom stereocenters. The predicted molar refractivity (Wildman–Crippen MR) is 139 cm³/mol. The van der Waals surface area contributed by atoms with Crippen LogP contribution in [0.15, 0.2) is 48.2 Å². The number of anilines is 1. The van der Waals surface area contributed by atoms with Crippen molar-refractivity contribution in [1.82, 2.24) is 30.0 Å². The second kappa shape index (κ2) is 11.3. The summed E-state index contributed by atoms with van der Waals surface area (Å²) in [5, 5.41) is 21.1. The van der Waals surface area contributed by atoms with Crippen LogP contribution in [0.3, 0.4) is 0 Å². The van der Waals surface area contributed by atoms with Crippen molar-refractivity contribution >= 4 is 33.9 Å². The van der Waals surface area contributed by atoms with Gasteiger partial charge in [0.05, 0.1) is 30.1 Å². The summed E-state index contributed by atoms with van der Waals surface area (Å²) < 4.78 is 1.58. The van der Waals surface area contributed by atoms with Gasteiger partial charge in [-0.25, -0.2) is 9.97 Å². The monoisotopic (exact) mass is 507 g/mol. The number of aromatic nitrogens is 4. The number of carbonyl (C=O) groups is 2. The van der Waals surface area contributed by atoms with Gasteiger partial charge in [0.15, 0.2) is 5.13 Å². The predicted octanol–water partition coefficient (Wildman–Crippen LogP) is 2.96. The number of amides is 2. The van der Waals surface area contributed by atoms with Crippen LogP contribution in [0.5, 0.6) is 0 Å². The molecule has 2 amide bonds. The average Bonchev–Trinajstić information content (AvgIpc) is 3.54. The van der Waals surface area contributed by atoms with Crippen molar-refractivity contribution in [2.75, 3.05) is 19.0 Å². The van der Waals surface area contributed by atoms with E-state index < -0.39 is 0 Å². The first kappa shape index (κ1) is 25.3. The van der Waals surface area contributed by atoms with Crippen molar-refractivity contribution in [2.24, 2.45) is 5.92 Å². The molecule has 11 heteroatoms. The number of aliphatic hydroxyl groups excluding tert-OH is 1. The Labute approximate surface area is 212 Å². The number of nitrogens with zero attached hydrogens (tertiary/aromatic N) is 4. The fourth-order valence-electron chi connectivity index (χ4n) is 3.83. The molecule has 36 heavy (non-hydrogen) atoms. The zero-order chi connectivity index (χ0) is 25.7. The highest BCUT2D eigenvalue weighted by molar-refractivity contribution is 7.14. The van der Waals surface area contributed by atoms with Crippen LogP contribution in [0.1, 0.15) is 46.7 Å². The summed E-state index contributed by atoms with van der Waals surface area (Å²) in [6, 6.07) is 6.78. The van der Waals surface area contributed by atoms with Gasteiger partial charge < -0.3 is 21.1 Å². The minimum Gasteiger partial charge on any atom is -0.394 e. The van der Waals surface area contributed by atoms with E-state index in [0.29, 0.717) is 29.2 Å². The van der Waals surface area contributed by atoms with Crippen LogP contribution in [0, 0.1) is 5.92 Å². The Hall–Kier alpha value is -3.83. The average molecular weight is 508 g/mol. The lowest BCUT2D eigenvalue weighted by atomic mass is 10.0. The van der Waals surface area contributed by atoms with E-state index in [1.165, 1.54) is 17.5 Å². The SMILES string of the molecule is CNc1nc(-c2ccc(CNC(=O)c3cccn4c(C(=O)N[C@H](CO)CC(C)C)cnc34)cn2)cs1. The maximum Gasteiger partial charge on any atom is 0.270 e. The van der Waals surface area contributed by atoms with E-state index in [4.69, 9.17) is 0 Å².